The van der Waals surface area contributed by atoms with E-state index in [4.69, 9.17) is 10.5 Å². The van der Waals surface area contributed by atoms with E-state index in [1.165, 1.54) is 6.92 Å². The van der Waals surface area contributed by atoms with Gasteiger partial charge in [-0.1, -0.05) is 6.08 Å². The summed E-state index contributed by atoms with van der Waals surface area (Å²) < 4.78 is 4.69. The Morgan fingerprint density at radius 3 is 2.60 bits per heavy atom. The molecule has 58 valence electrons. The third kappa shape index (κ3) is 5.31. The lowest BCUT2D eigenvalue weighted by Gasteiger charge is -1.99. The SMILES string of the molecule is CC(=O)OC/C(C)=C/CN. The van der Waals surface area contributed by atoms with Crippen LogP contribution in [0.2, 0.25) is 0 Å². The molecule has 10 heavy (non-hydrogen) atoms. The van der Waals surface area contributed by atoms with E-state index < -0.39 is 0 Å². The highest BCUT2D eigenvalue weighted by molar-refractivity contribution is 5.66. The monoisotopic (exact) mass is 143 g/mol. The van der Waals surface area contributed by atoms with E-state index >= 15 is 0 Å². The summed E-state index contributed by atoms with van der Waals surface area (Å²) in [4.78, 5) is 10.3. The van der Waals surface area contributed by atoms with Gasteiger partial charge in [-0.05, 0) is 12.5 Å². The molecular formula is C7H13NO2. The van der Waals surface area contributed by atoms with Crippen LogP contribution < -0.4 is 5.73 Å². The van der Waals surface area contributed by atoms with Crippen molar-refractivity contribution in [2.45, 2.75) is 13.8 Å². The maximum atomic E-state index is 10.3. The molecule has 0 aromatic heterocycles. The first-order chi connectivity index (χ1) is 4.66. The molecule has 0 spiro atoms. The summed E-state index contributed by atoms with van der Waals surface area (Å²) in [6.45, 7) is 4.10. The van der Waals surface area contributed by atoms with Gasteiger partial charge >= 0.3 is 5.97 Å². The van der Waals surface area contributed by atoms with Crippen LogP contribution in [0.25, 0.3) is 0 Å². The number of carbonyl (C=O) groups is 1. The predicted octanol–water partition coefficient (Wildman–Crippen LogP) is 0.455. The molecule has 3 nitrogen and oxygen atoms in total. The zero-order valence-electron chi connectivity index (χ0n) is 6.39. The highest BCUT2D eigenvalue weighted by Crippen LogP contribution is 1.91. The second kappa shape index (κ2) is 4.99. The number of nitrogens with two attached hydrogens (primary N) is 1. The summed E-state index contributed by atoms with van der Waals surface area (Å²) in [6, 6.07) is 0. The number of hydrogen-bond acceptors (Lipinski definition) is 3. The van der Waals surface area contributed by atoms with E-state index in [1.807, 2.05) is 13.0 Å². The van der Waals surface area contributed by atoms with Gasteiger partial charge in [0.05, 0.1) is 0 Å². The van der Waals surface area contributed by atoms with Gasteiger partial charge in [-0.15, -0.1) is 0 Å². The van der Waals surface area contributed by atoms with E-state index in [0.717, 1.165) is 5.57 Å². The third-order valence-electron chi connectivity index (χ3n) is 0.969. The molecule has 0 unspecified atom stereocenters. The van der Waals surface area contributed by atoms with Crippen LogP contribution in [-0.2, 0) is 9.53 Å². The second-order valence-electron chi connectivity index (χ2n) is 2.07. The molecule has 0 atom stereocenters. The van der Waals surface area contributed by atoms with Crippen LogP contribution in [0.4, 0.5) is 0 Å². The summed E-state index contributed by atoms with van der Waals surface area (Å²) in [7, 11) is 0. The van der Waals surface area contributed by atoms with Gasteiger partial charge in [-0.3, -0.25) is 4.79 Å². The first-order valence-corrected chi connectivity index (χ1v) is 3.16. The fourth-order valence-electron chi connectivity index (χ4n) is 0.476. The lowest BCUT2D eigenvalue weighted by Crippen LogP contribution is -2.03. The van der Waals surface area contributed by atoms with Crippen LogP contribution in [0.1, 0.15) is 13.8 Å². The van der Waals surface area contributed by atoms with Gasteiger partial charge in [-0.2, -0.15) is 0 Å². The number of esters is 1. The number of ether oxygens (including phenoxy) is 1. The highest BCUT2D eigenvalue weighted by Gasteiger charge is 1.92. The molecule has 0 saturated carbocycles. The van der Waals surface area contributed by atoms with Crippen molar-refractivity contribution in [2.75, 3.05) is 13.2 Å². The Morgan fingerprint density at radius 1 is 1.60 bits per heavy atom. The third-order valence-corrected chi connectivity index (χ3v) is 0.969. The Bertz CT molecular complexity index is 141. The maximum Gasteiger partial charge on any atom is 0.302 e. The van der Waals surface area contributed by atoms with Crippen LogP contribution >= 0.6 is 0 Å². The summed E-state index contributed by atoms with van der Waals surface area (Å²) in [5.74, 6) is -0.259. The standard InChI is InChI=1S/C7H13NO2/c1-6(3-4-8)5-10-7(2)9/h3H,4-5,8H2,1-2H3/b6-3+. The van der Waals surface area contributed by atoms with Crippen LogP contribution in [0, 0.1) is 0 Å². The minimum Gasteiger partial charge on any atom is -0.461 e. The summed E-state index contributed by atoms with van der Waals surface area (Å²) >= 11 is 0. The Balaban J connectivity index is 3.48. The topological polar surface area (TPSA) is 52.3 Å². The molecule has 0 rings (SSSR count). The van der Waals surface area contributed by atoms with Crippen molar-refractivity contribution in [3.05, 3.63) is 11.6 Å². The fourth-order valence-corrected chi connectivity index (χ4v) is 0.476. The van der Waals surface area contributed by atoms with Crippen LogP contribution in [0.5, 0.6) is 0 Å². The van der Waals surface area contributed by atoms with Crippen molar-refractivity contribution in [1.82, 2.24) is 0 Å². The van der Waals surface area contributed by atoms with Crippen molar-refractivity contribution in [3.63, 3.8) is 0 Å². The minimum atomic E-state index is -0.259. The quantitative estimate of drug-likeness (QED) is 0.461. The van der Waals surface area contributed by atoms with Gasteiger partial charge in [0.15, 0.2) is 0 Å². The molecule has 3 heteroatoms. The first-order valence-electron chi connectivity index (χ1n) is 3.16. The molecule has 0 bridgehead atoms. The van der Waals surface area contributed by atoms with Gasteiger partial charge in [0.25, 0.3) is 0 Å². The molecule has 0 radical (unpaired) electrons. The second-order valence-corrected chi connectivity index (χ2v) is 2.07. The molecule has 0 aliphatic carbocycles. The zero-order chi connectivity index (χ0) is 7.98. The minimum absolute atomic E-state index is 0.259. The summed E-state index contributed by atoms with van der Waals surface area (Å²) in [5.41, 5.74) is 6.20. The Morgan fingerprint density at radius 2 is 2.20 bits per heavy atom. The molecule has 0 aromatic carbocycles. The molecule has 0 aromatic rings. The van der Waals surface area contributed by atoms with E-state index in [9.17, 15) is 4.79 Å². The molecule has 0 aliphatic rings. The van der Waals surface area contributed by atoms with Gasteiger partial charge in [0.1, 0.15) is 6.61 Å². The van der Waals surface area contributed by atoms with Crippen molar-refractivity contribution in [3.8, 4) is 0 Å². The summed E-state index contributed by atoms with van der Waals surface area (Å²) in [6.07, 6.45) is 1.82. The summed E-state index contributed by atoms with van der Waals surface area (Å²) in [5, 5.41) is 0. The van der Waals surface area contributed by atoms with Gasteiger partial charge in [0, 0.05) is 13.5 Å². The van der Waals surface area contributed by atoms with E-state index in [2.05, 4.69) is 0 Å². The molecular weight excluding hydrogens is 130 g/mol. The van der Waals surface area contributed by atoms with Crippen LogP contribution in [0.15, 0.2) is 11.6 Å². The normalized spacial score (nSPS) is 11.3. The number of hydrogen-bond donors (Lipinski definition) is 1. The molecule has 0 saturated heterocycles. The first kappa shape index (κ1) is 9.17. The lowest BCUT2D eigenvalue weighted by atomic mass is 10.3. The molecule has 2 N–H and O–H groups in total. The van der Waals surface area contributed by atoms with Gasteiger partial charge in [-0.25, -0.2) is 0 Å². The highest BCUT2D eigenvalue weighted by atomic mass is 16.5. The Kier molecular flexibility index (Phi) is 4.58. The average molecular weight is 143 g/mol. The zero-order valence-corrected chi connectivity index (χ0v) is 6.39. The smallest absolute Gasteiger partial charge is 0.302 e. The molecule has 0 heterocycles. The molecule has 0 fully saturated rings. The Labute approximate surface area is 60.9 Å². The van der Waals surface area contributed by atoms with E-state index in [0.29, 0.717) is 13.2 Å². The van der Waals surface area contributed by atoms with Crippen molar-refractivity contribution in [2.24, 2.45) is 5.73 Å². The lowest BCUT2D eigenvalue weighted by molar-refractivity contribution is -0.139. The van der Waals surface area contributed by atoms with Crippen molar-refractivity contribution >= 4 is 5.97 Å². The predicted molar refractivity (Wildman–Crippen MR) is 39.4 cm³/mol. The number of carbonyl (C=O) groups excluding carboxylic acids is 1. The van der Waals surface area contributed by atoms with Crippen LogP contribution in [0.3, 0.4) is 0 Å². The average Bonchev–Trinajstić information content (AvgIpc) is 1.85. The number of rotatable bonds is 3. The fraction of sp³-hybridized carbons (Fsp3) is 0.571. The largest absolute Gasteiger partial charge is 0.461 e. The van der Waals surface area contributed by atoms with Crippen molar-refractivity contribution < 1.29 is 9.53 Å². The maximum absolute atomic E-state index is 10.3. The van der Waals surface area contributed by atoms with E-state index in [1.54, 1.807) is 0 Å². The van der Waals surface area contributed by atoms with Crippen molar-refractivity contribution in [1.29, 1.82) is 0 Å². The van der Waals surface area contributed by atoms with E-state index in [-0.39, 0.29) is 5.97 Å². The van der Waals surface area contributed by atoms with Gasteiger partial charge in [0.2, 0.25) is 0 Å². The van der Waals surface area contributed by atoms with Gasteiger partial charge < -0.3 is 10.5 Å². The molecule has 0 aliphatic heterocycles. The Hall–Kier alpha value is -0.830. The van der Waals surface area contributed by atoms with Crippen LogP contribution in [-0.4, -0.2) is 19.1 Å². The molecule has 0 amide bonds.